The van der Waals surface area contributed by atoms with Crippen molar-refractivity contribution in [3.63, 3.8) is 0 Å². The van der Waals surface area contributed by atoms with E-state index in [-0.39, 0.29) is 23.9 Å². The van der Waals surface area contributed by atoms with E-state index in [1.54, 1.807) is 0 Å². The Labute approximate surface area is 230 Å². The Hall–Kier alpha value is -4.05. The molecule has 0 unspecified atom stereocenters. The average molecular weight is 519 g/mol. The first-order valence-electron chi connectivity index (χ1n) is 13.9. The van der Waals surface area contributed by atoms with Crippen LogP contribution in [-0.2, 0) is 22.6 Å². The lowest BCUT2D eigenvalue weighted by Crippen LogP contribution is -2.38. The van der Waals surface area contributed by atoms with Crippen LogP contribution in [0.2, 0.25) is 0 Å². The molecule has 39 heavy (non-hydrogen) atoms. The number of carbonyl (C=O) groups excluding carboxylic acids is 1. The van der Waals surface area contributed by atoms with Gasteiger partial charge in [0.25, 0.3) is 0 Å². The van der Waals surface area contributed by atoms with E-state index in [1.807, 2.05) is 18.2 Å². The van der Waals surface area contributed by atoms with E-state index in [0.717, 1.165) is 37.2 Å². The molecule has 0 saturated heterocycles. The van der Waals surface area contributed by atoms with Crippen molar-refractivity contribution in [2.24, 2.45) is 5.92 Å². The van der Waals surface area contributed by atoms with E-state index in [4.69, 9.17) is 14.2 Å². The van der Waals surface area contributed by atoms with E-state index >= 15 is 0 Å². The third-order valence-electron chi connectivity index (χ3n) is 8.22. The predicted octanol–water partition coefficient (Wildman–Crippen LogP) is 7.46. The SMILES string of the molecule is COC(=O)C1CC(Oc2ccc([C@@H]3c4ccc(OCc5ccccc5)cc4CC[C@@H]3c3ccccc3)cc2)C1. The Morgan fingerprint density at radius 1 is 0.795 bits per heavy atom. The second-order valence-corrected chi connectivity index (χ2v) is 10.7. The van der Waals surface area contributed by atoms with Crippen LogP contribution in [0, 0.1) is 5.92 Å². The van der Waals surface area contributed by atoms with Crippen molar-refractivity contribution in [2.75, 3.05) is 7.11 Å². The lowest BCUT2D eigenvalue weighted by atomic mass is 9.69. The first kappa shape index (κ1) is 25.2. The third kappa shape index (κ3) is 5.56. The number of hydrogen-bond acceptors (Lipinski definition) is 4. The highest BCUT2D eigenvalue weighted by Crippen LogP contribution is 2.47. The van der Waals surface area contributed by atoms with E-state index in [0.29, 0.717) is 12.5 Å². The van der Waals surface area contributed by atoms with Crippen LogP contribution < -0.4 is 9.47 Å². The highest BCUT2D eigenvalue weighted by atomic mass is 16.5. The maximum Gasteiger partial charge on any atom is 0.308 e. The molecule has 0 heterocycles. The smallest absolute Gasteiger partial charge is 0.308 e. The fourth-order valence-corrected chi connectivity index (χ4v) is 6.07. The monoisotopic (exact) mass is 518 g/mol. The van der Waals surface area contributed by atoms with Crippen molar-refractivity contribution < 1.29 is 19.0 Å². The highest BCUT2D eigenvalue weighted by molar-refractivity contribution is 5.73. The van der Waals surface area contributed by atoms with Gasteiger partial charge in [-0.1, -0.05) is 78.9 Å². The summed E-state index contributed by atoms with van der Waals surface area (Å²) in [6.45, 7) is 0.568. The van der Waals surface area contributed by atoms with Crippen LogP contribution in [0.4, 0.5) is 0 Å². The molecule has 6 rings (SSSR count). The molecular weight excluding hydrogens is 484 g/mol. The Balaban J connectivity index is 1.23. The second kappa shape index (κ2) is 11.4. The molecule has 0 amide bonds. The number of esters is 1. The molecule has 4 nitrogen and oxygen atoms in total. The molecule has 0 radical (unpaired) electrons. The zero-order valence-corrected chi connectivity index (χ0v) is 22.3. The van der Waals surface area contributed by atoms with Crippen LogP contribution in [-0.4, -0.2) is 19.2 Å². The second-order valence-electron chi connectivity index (χ2n) is 10.7. The zero-order chi connectivity index (χ0) is 26.6. The minimum Gasteiger partial charge on any atom is -0.490 e. The standard InChI is InChI=1S/C35H34O4/c1-37-35(36)28-21-31(22-28)39-29-15-12-26(13-16-29)34-32(25-10-6-3-7-11-25)18-14-27-20-30(17-19-33(27)34)38-23-24-8-4-2-5-9-24/h2-13,15-17,19-20,28,31-32,34H,14,18,21-23H2,1H3/t28?,31?,32-,34+/m1/s1. The molecule has 2 aliphatic rings. The zero-order valence-electron chi connectivity index (χ0n) is 22.3. The van der Waals surface area contributed by atoms with Gasteiger partial charge in [0, 0.05) is 5.92 Å². The molecule has 0 aromatic heterocycles. The van der Waals surface area contributed by atoms with Gasteiger partial charge in [-0.25, -0.2) is 0 Å². The van der Waals surface area contributed by atoms with Gasteiger partial charge >= 0.3 is 5.97 Å². The number of benzene rings is 4. The van der Waals surface area contributed by atoms with E-state index < -0.39 is 0 Å². The average Bonchev–Trinajstić information content (AvgIpc) is 2.98. The summed E-state index contributed by atoms with van der Waals surface area (Å²) >= 11 is 0. The van der Waals surface area contributed by atoms with E-state index in [2.05, 4.69) is 84.9 Å². The van der Waals surface area contributed by atoms with Gasteiger partial charge in [-0.05, 0) is 83.7 Å². The number of aryl methyl sites for hydroxylation is 1. The molecule has 4 aromatic carbocycles. The van der Waals surface area contributed by atoms with E-state index in [1.165, 1.54) is 34.9 Å². The lowest BCUT2D eigenvalue weighted by Gasteiger charge is -2.35. The molecule has 198 valence electrons. The molecule has 0 spiro atoms. The molecule has 2 aliphatic carbocycles. The molecule has 2 atom stereocenters. The normalized spacial score (nSPS) is 21.8. The fourth-order valence-electron chi connectivity index (χ4n) is 6.07. The van der Waals surface area contributed by atoms with Gasteiger partial charge < -0.3 is 14.2 Å². The topological polar surface area (TPSA) is 44.8 Å². The summed E-state index contributed by atoms with van der Waals surface area (Å²) in [6, 6.07) is 36.4. The fraction of sp³-hybridized carbons (Fsp3) is 0.286. The highest BCUT2D eigenvalue weighted by Gasteiger charge is 2.37. The summed E-state index contributed by atoms with van der Waals surface area (Å²) in [4.78, 5) is 11.7. The molecule has 0 N–H and O–H groups in total. The Bertz CT molecular complexity index is 1390. The first-order chi connectivity index (χ1) is 19.2. The minimum absolute atomic E-state index is 0.0359. The van der Waals surface area contributed by atoms with Gasteiger partial charge in [0.15, 0.2) is 0 Å². The largest absolute Gasteiger partial charge is 0.490 e. The van der Waals surface area contributed by atoms with Gasteiger partial charge in [-0.2, -0.15) is 0 Å². The lowest BCUT2D eigenvalue weighted by molar-refractivity contribution is -0.151. The summed E-state index contributed by atoms with van der Waals surface area (Å²) in [7, 11) is 1.44. The molecule has 4 heteroatoms. The van der Waals surface area contributed by atoms with Crippen LogP contribution in [0.15, 0.2) is 103 Å². The maximum absolute atomic E-state index is 11.7. The summed E-state index contributed by atoms with van der Waals surface area (Å²) < 4.78 is 17.2. The Kier molecular flexibility index (Phi) is 7.36. The molecule has 0 bridgehead atoms. The summed E-state index contributed by atoms with van der Waals surface area (Å²) in [6.07, 6.45) is 3.61. The maximum atomic E-state index is 11.7. The van der Waals surface area contributed by atoms with Crippen LogP contribution in [0.3, 0.4) is 0 Å². The Morgan fingerprint density at radius 3 is 2.21 bits per heavy atom. The molecule has 4 aromatic rings. The molecule has 0 aliphatic heterocycles. The van der Waals surface area contributed by atoms with Crippen molar-refractivity contribution in [1.82, 2.24) is 0 Å². The molecule has 1 saturated carbocycles. The molecule has 1 fully saturated rings. The molecular formula is C35H34O4. The predicted molar refractivity (Wildman–Crippen MR) is 152 cm³/mol. The van der Waals surface area contributed by atoms with Crippen LogP contribution in [0.1, 0.15) is 58.9 Å². The third-order valence-corrected chi connectivity index (χ3v) is 8.22. The van der Waals surface area contributed by atoms with Crippen molar-refractivity contribution in [2.45, 2.75) is 50.2 Å². The number of fused-ring (bicyclic) bond motifs is 1. The van der Waals surface area contributed by atoms with Crippen LogP contribution in [0.25, 0.3) is 0 Å². The number of methoxy groups -OCH3 is 1. The summed E-state index contributed by atoms with van der Waals surface area (Å²) in [5.74, 6) is 2.25. The number of carbonyl (C=O) groups is 1. The number of ether oxygens (including phenoxy) is 3. The van der Waals surface area contributed by atoms with Crippen LogP contribution in [0.5, 0.6) is 11.5 Å². The summed E-state index contributed by atoms with van der Waals surface area (Å²) in [5, 5.41) is 0. The van der Waals surface area contributed by atoms with Gasteiger partial charge in [0.2, 0.25) is 0 Å². The van der Waals surface area contributed by atoms with Gasteiger partial charge in [0.1, 0.15) is 24.2 Å². The quantitative estimate of drug-likeness (QED) is 0.227. The van der Waals surface area contributed by atoms with Gasteiger partial charge in [-0.3, -0.25) is 4.79 Å². The van der Waals surface area contributed by atoms with Crippen molar-refractivity contribution >= 4 is 5.97 Å². The van der Waals surface area contributed by atoms with Crippen molar-refractivity contribution in [3.05, 3.63) is 131 Å². The summed E-state index contributed by atoms with van der Waals surface area (Å²) in [5.41, 5.74) is 6.57. The van der Waals surface area contributed by atoms with Crippen LogP contribution >= 0.6 is 0 Å². The van der Waals surface area contributed by atoms with E-state index in [9.17, 15) is 4.79 Å². The minimum atomic E-state index is -0.137. The van der Waals surface area contributed by atoms with Crippen molar-refractivity contribution in [1.29, 1.82) is 0 Å². The van der Waals surface area contributed by atoms with Gasteiger partial charge in [0.05, 0.1) is 13.0 Å². The Morgan fingerprint density at radius 2 is 1.49 bits per heavy atom. The van der Waals surface area contributed by atoms with Gasteiger partial charge in [-0.15, -0.1) is 0 Å². The number of hydrogen-bond donors (Lipinski definition) is 0. The first-order valence-corrected chi connectivity index (χ1v) is 13.9. The van der Waals surface area contributed by atoms with Crippen molar-refractivity contribution in [3.8, 4) is 11.5 Å². The number of rotatable bonds is 8.